The highest BCUT2D eigenvalue weighted by atomic mass is 19.1. The Kier molecular flexibility index (Phi) is 9.04. The summed E-state index contributed by atoms with van der Waals surface area (Å²) in [5.41, 5.74) is 5.31. The minimum atomic E-state index is -0.866. The molecule has 2 aromatic heterocycles. The number of carboxylic acids is 1. The van der Waals surface area contributed by atoms with Gasteiger partial charge in [-0.05, 0) is 36.2 Å². The molecule has 5 N–H and O–H groups in total. The van der Waals surface area contributed by atoms with Gasteiger partial charge in [0.15, 0.2) is 11.5 Å². The number of benzene rings is 2. The Hall–Kier alpha value is -5.14. The van der Waals surface area contributed by atoms with Crippen molar-refractivity contribution in [2.75, 3.05) is 14.2 Å². The Morgan fingerprint density at radius 1 is 1.13 bits per heavy atom. The molecule has 2 heterocycles. The summed E-state index contributed by atoms with van der Waals surface area (Å²) in [4.78, 5) is 32.3. The molecule has 0 fully saturated rings. The second kappa shape index (κ2) is 12.4. The van der Waals surface area contributed by atoms with Crippen LogP contribution in [0.3, 0.4) is 0 Å². The van der Waals surface area contributed by atoms with Gasteiger partial charge in [0.05, 0.1) is 25.7 Å². The lowest BCUT2D eigenvalue weighted by atomic mass is 9.90. The van der Waals surface area contributed by atoms with Gasteiger partial charge in [0.2, 0.25) is 0 Å². The minimum absolute atomic E-state index is 0.0309. The van der Waals surface area contributed by atoms with Crippen molar-refractivity contribution in [3.8, 4) is 17.4 Å². The molecule has 204 valence electrons. The zero-order valence-corrected chi connectivity index (χ0v) is 21.1. The van der Waals surface area contributed by atoms with Crippen molar-refractivity contribution >= 4 is 11.8 Å². The standard InChI is InChI=1S/C23H21F2N7O3.C2H4O2/c1-34-18-10-14(17(25)11-19(18)35-2)15(8-12-4-5-13(20(26)27)16(24)9-12)21-30-23(33)32(31-21)22-28-6-3-7-29-22;1-2(3)4/h3-7,9-11,15H,8H2,1-2H3,(H3,26,27)(H,30,31,33);1H3,(H,3,4). The number of nitrogens with zero attached hydrogens (tertiary/aromatic N) is 4. The molecule has 1 atom stereocenters. The number of aliphatic carboxylic acids is 1. The van der Waals surface area contributed by atoms with E-state index in [1.165, 1.54) is 44.8 Å². The lowest BCUT2D eigenvalue weighted by molar-refractivity contribution is -0.134. The number of nitrogens with one attached hydrogen (secondary N) is 2. The number of nitrogens with two attached hydrogens (primary N) is 1. The van der Waals surface area contributed by atoms with Crippen LogP contribution in [0.5, 0.6) is 11.5 Å². The molecule has 0 bridgehead atoms. The van der Waals surface area contributed by atoms with E-state index in [0.29, 0.717) is 5.56 Å². The molecular weight excluding hydrogens is 516 g/mol. The lowest BCUT2D eigenvalue weighted by Gasteiger charge is -2.18. The Balaban J connectivity index is 0.000000983. The van der Waals surface area contributed by atoms with Gasteiger partial charge in [0.1, 0.15) is 23.3 Å². The van der Waals surface area contributed by atoms with Gasteiger partial charge in [-0.15, -0.1) is 9.78 Å². The highest BCUT2D eigenvalue weighted by molar-refractivity contribution is 5.95. The van der Waals surface area contributed by atoms with Crippen LogP contribution in [-0.4, -0.2) is 55.9 Å². The maximum absolute atomic E-state index is 15.3. The Morgan fingerprint density at radius 2 is 1.74 bits per heavy atom. The normalized spacial score (nSPS) is 11.2. The van der Waals surface area contributed by atoms with Crippen LogP contribution >= 0.6 is 0 Å². The van der Waals surface area contributed by atoms with Crippen LogP contribution in [-0.2, 0) is 11.2 Å². The molecule has 0 aliphatic rings. The van der Waals surface area contributed by atoms with Gasteiger partial charge in [-0.2, -0.15) is 0 Å². The fraction of sp³-hybridized carbons (Fsp3) is 0.200. The van der Waals surface area contributed by atoms with Crippen molar-refractivity contribution in [3.05, 3.63) is 93.4 Å². The topological polar surface area (TPSA) is 182 Å². The van der Waals surface area contributed by atoms with Crippen molar-refractivity contribution in [1.82, 2.24) is 24.7 Å². The van der Waals surface area contributed by atoms with Crippen LogP contribution in [0, 0.1) is 17.0 Å². The number of amidine groups is 1. The van der Waals surface area contributed by atoms with E-state index < -0.39 is 35.0 Å². The zero-order chi connectivity index (χ0) is 28.7. The number of nitrogen functional groups attached to an aromatic ring is 1. The number of carbonyl (C=O) groups is 1. The molecule has 0 saturated heterocycles. The number of aromatic nitrogens is 5. The minimum Gasteiger partial charge on any atom is -0.493 e. The highest BCUT2D eigenvalue weighted by Crippen LogP contribution is 2.36. The maximum atomic E-state index is 15.3. The van der Waals surface area contributed by atoms with Crippen molar-refractivity contribution in [2.24, 2.45) is 5.73 Å². The Labute approximate surface area is 220 Å². The van der Waals surface area contributed by atoms with E-state index in [2.05, 4.69) is 20.1 Å². The summed E-state index contributed by atoms with van der Waals surface area (Å²) in [6.07, 6.45) is 2.95. The molecule has 39 heavy (non-hydrogen) atoms. The number of halogens is 2. The Bertz CT molecular complexity index is 1540. The second-order valence-corrected chi connectivity index (χ2v) is 8.01. The van der Waals surface area contributed by atoms with Crippen LogP contribution in [0.4, 0.5) is 8.78 Å². The quantitative estimate of drug-likeness (QED) is 0.192. The first-order valence-corrected chi connectivity index (χ1v) is 11.3. The van der Waals surface area contributed by atoms with Gasteiger partial charge in [0.25, 0.3) is 11.9 Å². The van der Waals surface area contributed by atoms with E-state index in [0.717, 1.165) is 17.7 Å². The summed E-state index contributed by atoms with van der Waals surface area (Å²) in [6.45, 7) is 1.08. The highest BCUT2D eigenvalue weighted by Gasteiger charge is 2.26. The summed E-state index contributed by atoms with van der Waals surface area (Å²) in [7, 11) is 2.79. The average molecular weight is 542 g/mol. The monoisotopic (exact) mass is 541 g/mol. The number of hydrogen-bond acceptors (Lipinski definition) is 8. The molecule has 4 rings (SSSR count). The second-order valence-electron chi connectivity index (χ2n) is 8.01. The van der Waals surface area contributed by atoms with Crippen LogP contribution in [0.15, 0.2) is 53.6 Å². The molecule has 2 aromatic carbocycles. The number of hydrogen-bond donors (Lipinski definition) is 4. The molecule has 0 spiro atoms. The lowest BCUT2D eigenvalue weighted by Crippen LogP contribution is -2.18. The summed E-state index contributed by atoms with van der Waals surface area (Å²) in [5.74, 6) is -2.87. The molecule has 12 nitrogen and oxygen atoms in total. The summed E-state index contributed by atoms with van der Waals surface area (Å²) < 4.78 is 41.2. The zero-order valence-electron chi connectivity index (χ0n) is 21.1. The average Bonchev–Trinajstić information content (AvgIpc) is 3.28. The maximum Gasteiger partial charge on any atom is 0.350 e. The summed E-state index contributed by atoms with van der Waals surface area (Å²) in [5, 5.41) is 19.2. The molecule has 1 unspecified atom stereocenters. The van der Waals surface area contributed by atoms with Crippen LogP contribution in [0.25, 0.3) is 5.95 Å². The largest absolute Gasteiger partial charge is 0.493 e. The van der Waals surface area contributed by atoms with Crippen molar-refractivity contribution in [2.45, 2.75) is 19.3 Å². The van der Waals surface area contributed by atoms with Crippen molar-refractivity contribution in [3.63, 3.8) is 0 Å². The van der Waals surface area contributed by atoms with Gasteiger partial charge in [-0.1, -0.05) is 6.07 Å². The molecule has 14 heteroatoms. The van der Waals surface area contributed by atoms with Gasteiger partial charge in [-0.25, -0.2) is 23.5 Å². The molecule has 4 aromatic rings. The van der Waals surface area contributed by atoms with Gasteiger partial charge in [-0.3, -0.25) is 15.2 Å². The number of ether oxygens (including phenoxy) is 2. The summed E-state index contributed by atoms with van der Waals surface area (Å²) in [6, 6.07) is 8.33. The predicted octanol–water partition coefficient (Wildman–Crippen LogP) is 2.40. The van der Waals surface area contributed by atoms with Crippen LogP contribution < -0.4 is 20.9 Å². The Morgan fingerprint density at radius 3 is 2.31 bits per heavy atom. The van der Waals surface area contributed by atoms with E-state index in [1.54, 1.807) is 12.1 Å². The first-order valence-electron chi connectivity index (χ1n) is 11.3. The summed E-state index contributed by atoms with van der Waals surface area (Å²) >= 11 is 0. The van der Waals surface area contributed by atoms with E-state index in [9.17, 15) is 9.18 Å². The molecular formula is C25H25F2N7O5. The fourth-order valence-electron chi connectivity index (χ4n) is 3.66. The number of methoxy groups -OCH3 is 2. The number of rotatable bonds is 8. The number of carboxylic acid groups (broad SMARTS) is 1. The van der Waals surface area contributed by atoms with Gasteiger partial charge in [0, 0.05) is 30.9 Å². The molecule has 0 aliphatic heterocycles. The van der Waals surface area contributed by atoms with Crippen LogP contribution in [0.2, 0.25) is 0 Å². The van der Waals surface area contributed by atoms with E-state index in [1.807, 2.05) is 0 Å². The molecule has 0 aliphatic carbocycles. The van der Waals surface area contributed by atoms with E-state index in [-0.39, 0.29) is 40.8 Å². The van der Waals surface area contributed by atoms with Crippen molar-refractivity contribution in [1.29, 1.82) is 5.41 Å². The SMILES string of the molecule is CC(=O)O.COc1cc(F)c(C(Cc2ccc(C(=N)N)c(F)c2)c2nn(-c3ncccn3)c(=O)[nH]2)cc1OC. The third-order valence-corrected chi connectivity index (χ3v) is 5.35. The fourth-order valence-corrected chi connectivity index (χ4v) is 3.66. The third kappa shape index (κ3) is 6.80. The number of aromatic amines is 1. The van der Waals surface area contributed by atoms with E-state index in [4.69, 9.17) is 30.5 Å². The van der Waals surface area contributed by atoms with Gasteiger partial charge >= 0.3 is 5.69 Å². The third-order valence-electron chi connectivity index (χ3n) is 5.35. The van der Waals surface area contributed by atoms with E-state index >= 15 is 4.39 Å². The van der Waals surface area contributed by atoms with Crippen LogP contribution in [0.1, 0.15) is 35.4 Å². The molecule has 0 saturated carbocycles. The smallest absolute Gasteiger partial charge is 0.350 e. The number of H-pyrrole nitrogens is 1. The first-order chi connectivity index (χ1) is 18.5. The van der Waals surface area contributed by atoms with Crippen molar-refractivity contribution < 1.29 is 28.2 Å². The predicted molar refractivity (Wildman–Crippen MR) is 136 cm³/mol. The molecule has 0 radical (unpaired) electrons. The molecule has 0 amide bonds. The van der Waals surface area contributed by atoms with Gasteiger partial charge < -0.3 is 20.3 Å². The first kappa shape index (κ1) is 28.4.